The summed E-state index contributed by atoms with van der Waals surface area (Å²) < 4.78 is 51.2. The number of nitrogens with zero attached hydrogens (tertiary/aromatic N) is 1. The number of anilines is 1. The molecule has 1 unspecified atom stereocenters. The SMILES string of the molecule is O=C(c1ccccc1)N(C(=O)c1ccccc1)c1cc(C(F)(F)F)ccc1OCC1CO1. The second-order valence-electron chi connectivity index (χ2n) is 7.12. The minimum Gasteiger partial charge on any atom is -0.489 e. The van der Waals surface area contributed by atoms with Crippen LogP contribution in [0.5, 0.6) is 5.75 Å². The maximum absolute atomic E-state index is 13.5. The Morgan fingerprint density at radius 1 is 0.906 bits per heavy atom. The van der Waals surface area contributed by atoms with Crippen molar-refractivity contribution in [3.05, 3.63) is 95.6 Å². The fraction of sp³-hybridized carbons (Fsp3) is 0.167. The van der Waals surface area contributed by atoms with Crippen LogP contribution in [-0.2, 0) is 10.9 Å². The summed E-state index contributed by atoms with van der Waals surface area (Å²) in [6.45, 7) is 0.566. The van der Waals surface area contributed by atoms with Crippen LogP contribution in [0.1, 0.15) is 26.3 Å². The predicted molar refractivity (Wildman–Crippen MR) is 111 cm³/mol. The van der Waals surface area contributed by atoms with Crippen molar-refractivity contribution in [2.75, 3.05) is 18.1 Å². The minimum absolute atomic E-state index is 0.0259. The van der Waals surface area contributed by atoms with Crippen molar-refractivity contribution >= 4 is 17.5 Å². The van der Waals surface area contributed by atoms with E-state index in [0.717, 1.165) is 23.1 Å². The van der Waals surface area contributed by atoms with E-state index in [1.165, 1.54) is 24.3 Å². The summed E-state index contributed by atoms with van der Waals surface area (Å²) in [4.78, 5) is 27.5. The summed E-state index contributed by atoms with van der Waals surface area (Å²) in [6, 6.07) is 18.5. The number of epoxide rings is 1. The summed E-state index contributed by atoms with van der Waals surface area (Å²) in [7, 11) is 0. The maximum atomic E-state index is 13.5. The first kappa shape index (κ1) is 21.6. The van der Waals surface area contributed by atoms with Crippen LogP contribution in [0.4, 0.5) is 18.9 Å². The zero-order valence-corrected chi connectivity index (χ0v) is 16.7. The standard InChI is InChI=1S/C24H18F3NO4/c25-24(26,27)18-11-12-21(32-15-19-14-31-19)20(13-18)28(22(29)16-7-3-1-4-8-16)23(30)17-9-5-2-6-10-17/h1-13,19H,14-15H2. The highest BCUT2D eigenvalue weighted by atomic mass is 19.4. The lowest BCUT2D eigenvalue weighted by molar-refractivity contribution is -0.137. The second-order valence-corrected chi connectivity index (χ2v) is 7.12. The largest absolute Gasteiger partial charge is 0.489 e. The van der Waals surface area contributed by atoms with E-state index in [4.69, 9.17) is 9.47 Å². The highest BCUT2D eigenvalue weighted by Gasteiger charge is 2.35. The van der Waals surface area contributed by atoms with Gasteiger partial charge in [-0.3, -0.25) is 9.59 Å². The normalized spacial score (nSPS) is 15.2. The van der Waals surface area contributed by atoms with Gasteiger partial charge in [-0.1, -0.05) is 36.4 Å². The topological polar surface area (TPSA) is 59.1 Å². The number of benzene rings is 3. The highest BCUT2D eigenvalue weighted by Crippen LogP contribution is 2.38. The predicted octanol–water partition coefficient (Wildman–Crippen LogP) is 4.97. The number of imide groups is 1. The van der Waals surface area contributed by atoms with Crippen molar-refractivity contribution < 1.29 is 32.2 Å². The van der Waals surface area contributed by atoms with Crippen LogP contribution in [0, 0.1) is 0 Å². The molecule has 2 amide bonds. The lowest BCUT2D eigenvalue weighted by Gasteiger charge is -2.25. The van der Waals surface area contributed by atoms with Gasteiger partial charge in [0.1, 0.15) is 18.5 Å². The van der Waals surface area contributed by atoms with Gasteiger partial charge in [0.15, 0.2) is 0 Å². The van der Waals surface area contributed by atoms with Crippen molar-refractivity contribution in [3.63, 3.8) is 0 Å². The summed E-state index contributed by atoms with van der Waals surface area (Å²) >= 11 is 0. The zero-order chi connectivity index (χ0) is 22.7. The Balaban J connectivity index is 1.84. The lowest BCUT2D eigenvalue weighted by Crippen LogP contribution is -2.37. The smallest absolute Gasteiger partial charge is 0.416 e. The molecular formula is C24H18F3NO4. The number of halogens is 3. The molecule has 1 heterocycles. The van der Waals surface area contributed by atoms with Crippen LogP contribution >= 0.6 is 0 Å². The third-order valence-corrected chi connectivity index (χ3v) is 4.80. The van der Waals surface area contributed by atoms with Crippen molar-refractivity contribution in [1.82, 2.24) is 0 Å². The average Bonchev–Trinajstić information content (AvgIpc) is 3.63. The molecule has 1 atom stereocenters. The van der Waals surface area contributed by atoms with Gasteiger partial charge < -0.3 is 9.47 Å². The van der Waals surface area contributed by atoms with Crippen molar-refractivity contribution in [2.24, 2.45) is 0 Å². The minimum atomic E-state index is -4.68. The molecule has 8 heteroatoms. The zero-order valence-electron chi connectivity index (χ0n) is 16.7. The van der Waals surface area contributed by atoms with E-state index in [-0.39, 0.29) is 35.3 Å². The van der Waals surface area contributed by atoms with Gasteiger partial charge in [-0.05, 0) is 42.5 Å². The van der Waals surface area contributed by atoms with Gasteiger partial charge in [0.2, 0.25) is 0 Å². The first-order valence-corrected chi connectivity index (χ1v) is 9.79. The molecule has 0 radical (unpaired) electrons. The van der Waals surface area contributed by atoms with Crippen LogP contribution in [0.2, 0.25) is 0 Å². The third kappa shape index (κ3) is 4.81. The maximum Gasteiger partial charge on any atom is 0.416 e. The van der Waals surface area contributed by atoms with E-state index < -0.39 is 23.6 Å². The molecule has 0 N–H and O–H groups in total. The summed E-state index contributed by atoms with van der Waals surface area (Å²) in [5, 5.41) is 0. The van der Waals surface area contributed by atoms with E-state index >= 15 is 0 Å². The van der Waals surface area contributed by atoms with E-state index in [0.29, 0.717) is 6.61 Å². The first-order valence-electron chi connectivity index (χ1n) is 9.79. The molecule has 5 nitrogen and oxygen atoms in total. The molecule has 1 aliphatic heterocycles. The number of carbonyl (C=O) groups excluding carboxylic acids is 2. The molecule has 164 valence electrons. The van der Waals surface area contributed by atoms with Crippen LogP contribution in [-0.4, -0.2) is 31.1 Å². The van der Waals surface area contributed by atoms with Crippen LogP contribution < -0.4 is 9.64 Å². The summed E-state index contributed by atoms with van der Waals surface area (Å²) in [5.41, 5.74) is -1.01. The molecule has 1 aliphatic rings. The highest BCUT2D eigenvalue weighted by molar-refractivity contribution is 6.26. The number of ether oxygens (including phenoxy) is 2. The van der Waals surface area contributed by atoms with Gasteiger partial charge in [-0.2, -0.15) is 13.2 Å². The Morgan fingerprint density at radius 3 is 1.91 bits per heavy atom. The number of carbonyl (C=O) groups is 2. The number of alkyl halides is 3. The van der Waals surface area contributed by atoms with Crippen molar-refractivity contribution in [1.29, 1.82) is 0 Å². The van der Waals surface area contributed by atoms with E-state index in [2.05, 4.69) is 0 Å². The number of rotatable bonds is 6. The quantitative estimate of drug-likeness (QED) is 0.400. The molecule has 0 spiro atoms. The van der Waals surface area contributed by atoms with E-state index in [1.54, 1.807) is 36.4 Å². The number of amides is 2. The molecule has 3 aromatic rings. The molecule has 3 aromatic carbocycles. The van der Waals surface area contributed by atoms with Gasteiger partial charge >= 0.3 is 6.18 Å². The van der Waals surface area contributed by atoms with Gasteiger partial charge in [-0.15, -0.1) is 0 Å². The monoisotopic (exact) mass is 441 g/mol. The summed E-state index contributed by atoms with van der Waals surface area (Å²) in [6.07, 6.45) is -4.85. The van der Waals surface area contributed by atoms with E-state index in [1.807, 2.05) is 0 Å². The number of hydrogen-bond donors (Lipinski definition) is 0. The van der Waals surface area contributed by atoms with Crippen LogP contribution in [0.15, 0.2) is 78.9 Å². The van der Waals surface area contributed by atoms with Crippen LogP contribution in [0.3, 0.4) is 0 Å². The fourth-order valence-electron chi connectivity index (χ4n) is 3.07. The Bertz CT molecular complexity index is 1060. The van der Waals surface area contributed by atoms with Crippen molar-refractivity contribution in [2.45, 2.75) is 12.3 Å². The average molecular weight is 441 g/mol. The van der Waals surface area contributed by atoms with Gasteiger partial charge in [0.25, 0.3) is 11.8 Å². The van der Waals surface area contributed by atoms with Crippen molar-refractivity contribution in [3.8, 4) is 5.75 Å². The van der Waals surface area contributed by atoms with Gasteiger partial charge in [0, 0.05) is 11.1 Å². The van der Waals surface area contributed by atoms with E-state index in [9.17, 15) is 22.8 Å². The van der Waals surface area contributed by atoms with Gasteiger partial charge in [-0.25, -0.2) is 4.90 Å². The second kappa shape index (κ2) is 8.84. The number of hydrogen-bond acceptors (Lipinski definition) is 4. The lowest BCUT2D eigenvalue weighted by atomic mass is 10.1. The Kier molecular flexibility index (Phi) is 5.96. The molecule has 0 aliphatic carbocycles. The molecule has 0 aromatic heterocycles. The Morgan fingerprint density at radius 2 is 1.44 bits per heavy atom. The Hall–Kier alpha value is -3.65. The molecule has 0 saturated carbocycles. The molecule has 1 saturated heterocycles. The fourth-order valence-corrected chi connectivity index (χ4v) is 3.07. The summed E-state index contributed by atoms with van der Waals surface area (Å²) in [5.74, 6) is -1.57. The Labute approximate surface area is 182 Å². The first-order chi connectivity index (χ1) is 15.3. The molecule has 1 fully saturated rings. The molecule has 4 rings (SSSR count). The molecular weight excluding hydrogens is 423 g/mol. The van der Waals surface area contributed by atoms with Crippen LogP contribution in [0.25, 0.3) is 0 Å². The third-order valence-electron chi connectivity index (χ3n) is 4.80. The molecule has 0 bridgehead atoms. The molecule has 32 heavy (non-hydrogen) atoms. The van der Waals surface area contributed by atoms with Gasteiger partial charge in [0.05, 0.1) is 17.9 Å².